The van der Waals surface area contributed by atoms with Crippen LogP contribution in [0.4, 0.5) is 4.79 Å². The molecule has 2 aliphatic heterocycles. The number of ether oxygens (including phenoxy) is 4. The van der Waals surface area contributed by atoms with Gasteiger partial charge in [0.25, 0.3) is 5.56 Å². The van der Waals surface area contributed by atoms with E-state index in [1.165, 1.54) is 44.5 Å². The van der Waals surface area contributed by atoms with Crippen molar-refractivity contribution in [2.24, 2.45) is 0 Å². The predicted molar refractivity (Wildman–Crippen MR) is 308 cm³/mol. The number of hydrogen-bond acceptors (Lipinski definition) is 11. The second kappa shape index (κ2) is 23.7. The molecule has 0 fully saturated rings. The number of H-pyrrole nitrogens is 1. The summed E-state index contributed by atoms with van der Waals surface area (Å²) in [5.74, 6) is -1.89. The molecule has 7 aromatic rings. The highest BCUT2D eigenvalue weighted by Crippen LogP contribution is 2.44. The van der Waals surface area contributed by atoms with Crippen LogP contribution in [0.25, 0.3) is 33.7 Å². The third-order valence-corrected chi connectivity index (χ3v) is 14.9. The molecular formula is C66H66N4O10. The second-order valence-corrected chi connectivity index (χ2v) is 21.4. The molecular weight excluding hydrogens is 1010 g/mol. The van der Waals surface area contributed by atoms with E-state index in [0.29, 0.717) is 48.6 Å². The molecule has 4 N–H and O–H groups in total. The van der Waals surface area contributed by atoms with Crippen LogP contribution < -0.4 is 20.3 Å². The summed E-state index contributed by atoms with van der Waals surface area (Å²) in [5, 5.41) is 22.9. The van der Waals surface area contributed by atoms with E-state index in [1.54, 1.807) is 4.90 Å². The Labute approximate surface area is 465 Å². The van der Waals surface area contributed by atoms with E-state index in [0.717, 1.165) is 72.2 Å². The van der Waals surface area contributed by atoms with Crippen LogP contribution in [-0.2, 0) is 55.0 Å². The molecule has 0 spiro atoms. The maximum Gasteiger partial charge on any atom is 0.410 e. The number of nitrogens with one attached hydrogen (secondary N) is 2. The number of carbonyl (C=O) groups is 3. The number of carbonyl (C=O) groups excluding carboxylic acids is 2. The van der Waals surface area contributed by atoms with Crippen molar-refractivity contribution in [3.8, 4) is 39.9 Å². The van der Waals surface area contributed by atoms with Crippen molar-refractivity contribution < 1.29 is 43.5 Å². The minimum absolute atomic E-state index is 0.0903. The van der Waals surface area contributed by atoms with E-state index >= 15 is 0 Å². The molecule has 4 heterocycles. The van der Waals surface area contributed by atoms with E-state index in [2.05, 4.69) is 34.6 Å². The lowest BCUT2D eigenvalue weighted by Gasteiger charge is -2.31. The minimum Gasteiger partial charge on any atom is -0.506 e. The summed E-state index contributed by atoms with van der Waals surface area (Å²) in [4.78, 5) is 60.1. The van der Waals surface area contributed by atoms with E-state index in [-0.39, 0.29) is 37.4 Å². The van der Waals surface area contributed by atoms with Crippen molar-refractivity contribution in [1.82, 2.24) is 20.2 Å². The van der Waals surface area contributed by atoms with Crippen molar-refractivity contribution in [2.75, 3.05) is 26.2 Å². The first kappa shape index (κ1) is 54.6. The number of amides is 1. The van der Waals surface area contributed by atoms with Crippen LogP contribution in [0.1, 0.15) is 118 Å². The van der Waals surface area contributed by atoms with Gasteiger partial charge in [0.1, 0.15) is 36.9 Å². The van der Waals surface area contributed by atoms with Gasteiger partial charge in [-0.05, 0) is 145 Å². The zero-order valence-electron chi connectivity index (χ0n) is 45.9. The van der Waals surface area contributed by atoms with Crippen LogP contribution in [0.2, 0.25) is 0 Å². The van der Waals surface area contributed by atoms with Crippen LogP contribution in [0.3, 0.4) is 0 Å². The highest BCUT2D eigenvalue weighted by atomic mass is 16.6. The largest absolute Gasteiger partial charge is 0.506 e. The minimum atomic E-state index is -1.43. The van der Waals surface area contributed by atoms with E-state index in [4.69, 9.17) is 23.9 Å². The molecule has 0 saturated heterocycles. The number of aromatic carboxylic acids is 1. The summed E-state index contributed by atoms with van der Waals surface area (Å²) in [7, 11) is 0. The number of pyridine rings is 2. The van der Waals surface area contributed by atoms with Gasteiger partial charge in [-0.15, -0.1) is 0 Å². The average Bonchev–Trinajstić information content (AvgIpc) is 4.05. The number of aromatic hydroxyl groups is 1. The highest BCUT2D eigenvalue weighted by molar-refractivity contribution is 5.97. The molecule has 0 atom stereocenters. The first-order valence-corrected chi connectivity index (χ1v) is 27.4. The van der Waals surface area contributed by atoms with E-state index < -0.39 is 34.4 Å². The molecule has 410 valence electrons. The Morgan fingerprint density at radius 2 is 1.26 bits per heavy atom. The molecule has 0 radical (unpaired) electrons. The number of fused-ring (bicyclic) bond motifs is 4. The Kier molecular flexibility index (Phi) is 16.2. The topological polar surface area (TPSA) is 190 Å². The van der Waals surface area contributed by atoms with Gasteiger partial charge < -0.3 is 44.4 Å². The molecule has 4 aliphatic rings. The Morgan fingerprint density at radius 3 is 1.88 bits per heavy atom. The van der Waals surface area contributed by atoms with Crippen LogP contribution in [0.15, 0.2) is 143 Å². The van der Waals surface area contributed by atoms with Gasteiger partial charge in [-0.25, -0.2) is 19.4 Å². The molecule has 5 aromatic carbocycles. The number of carboxylic acid groups (broad SMARTS) is 1. The number of carboxylic acids is 1. The summed E-state index contributed by atoms with van der Waals surface area (Å²) >= 11 is 0. The molecule has 0 saturated carbocycles. The van der Waals surface area contributed by atoms with Gasteiger partial charge in [0.05, 0.1) is 11.4 Å². The smallest absolute Gasteiger partial charge is 0.410 e. The summed E-state index contributed by atoms with van der Waals surface area (Å²) in [6.07, 6.45) is 4.08. The SMILES string of the molecule is CCc1c(-c2ccc3c(c2)CC2=C3CCN(C(=O)OC(C)(C)C)C2)nc(OCc2ccccc2)c(C(=O)OCc2ccccc2)c1OCc1ccccc1.CCc1c(-c2ccc3c(c2)CC2=C3CCNC2)[nH]c(=O)c(C(=O)O)c1O. The first-order valence-electron chi connectivity index (χ1n) is 27.4. The zero-order chi connectivity index (χ0) is 56.1. The quantitative estimate of drug-likeness (QED) is 0.0755. The Bertz CT molecular complexity index is 3620. The third-order valence-electron chi connectivity index (χ3n) is 14.9. The van der Waals surface area contributed by atoms with Crippen LogP contribution in [0.5, 0.6) is 17.4 Å². The summed E-state index contributed by atoms with van der Waals surface area (Å²) < 4.78 is 24.7. The molecule has 14 nitrogen and oxygen atoms in total. The molecule has 0 unspecified atom stereocenters. The monoisotopic (exact) mass is 1070 g/mol. The van der Waals surface area contributed by atoms with Gasteiger partial charge in [-0.1, -0.05) is 129 Å². The van der Waals surface area contributed by atoms with E-state index in [9.17, 15) is 29.4 Å². The Balaban J connectivity index is 0.000000230. The fourth-order valence-corrected chi connectivity index (χ4v) is 11.1. The maximum atomic E-state index is 14.2. The fraction of sp³-hybridized carbons (Fsp3) is 0.288. The number of benzene rings is 5. The van der Waals surface area contributed by atoms with Crippen molar-refractivity contribution in [2.45, 2.75) is 98.6 Å². The lowest BCUT2D eigenvalue weighted by atomic mass is 9.95. The van der Waals surface area contributed by atoms with Crippen molar-refractivity contribution in [3.05, 3.63) is 210 Å². The highest BCUT2D eigenvalue weighted by Gasteiger charge is 2.34. The van der Waals surface area contributed by atoms with Gasteiger partial charge in [-0.3, -0.25) is 4.79 Å². The van der Waals surface area contributed by atoms with Gasteiger partial charge in [0.15, 0.2) is 11.1 Å². The summed E-state index contributed by atoms with van der Waals surface area (Å²) in [6.45, 7) is 13.1. The number of esters is 1. The summed E-state index contributed by atoms with van der Waals surface area (Å²) in [5.41, 5.74) is 15.3. The average molecular weight is 1080 g/mol. The second-order valence-electron chi connectivity index (χ2n) is 21.4. The Morgan fingerprint density at radius 1 is 0.688 bits per heavy atom. The van der Waals surface area contributed by atoms with Gasteiger partial charge in [0.2, 0.25) is 5.88 Å². The number of nitrogens with zero attached hydrogens (tertiary/aromatic N) is 2. The molecule has 11 rings (SSSR count). The maximum absolute atomic E-state index is 14.2. The summed E-state index contributed by atoms with van der Waals surface area (Å²) in [6, 6.07) is 41.7. The number of aromatic amines is 1. The van der Waals surface area contributed by atoms with Crippen molar-refractivity contribution in [3.63, 3.8) is 0 Å². The molecule has 2 aromatic heterocycles. The molecule has 14 heteroatoms. The lowest BCUT2D eigenvalue weighted by molar-refractivity contribution is 0.0263. The Hall–Kier alpha value is -8.75. The standard InChI is InChI=1S/C46H46N2O6.C20H20N2O4/c1-5-37-41(34-21-22-38-35(25-34)26-36-27-48(24-23-39(36)38)45(50)54-46(2,3)4)47-43(52-29-32-17-11-7-12-18-32)40(42(37)51-28-31-15-9-6-10-16-31)44(49)53-30-33-19-13-8-14-20-33;1-2-13-17(22-19(24)16(18(13)23)20(25)26)10-3-4-14-11(7-10)8-12-9-21-6-5-15(12)14/h6-22,25H,5,23-24,26-30H2,1-4H3;3-4,7,21H,2,5-6,8-9H2,1H3,(H,25,26)(H2,22,23,24). The fourth-order valence-electron chi connectivity index (χ4n) is 11.1. The van der Waals surface area contributed by atoms with Gasteiger partial charge in [-0.2, -0.15) is 0 Å². The molecule has 0 bridgehead atoms. The third kappa shape index (κ3) is 11.8. The number of hydrogen-bond donors (Lipinski definition) is 4. The normalized spacial score (nSPS) is 14.3. The van der Waals surface area contributed by atoms with E-state index in [1.807, 2.05) is 138 Å². The van der Waals surface area contributed by atoms with Gasteiger partial charge >= 0.3 is 18.0 Å². The zero-order valence-corrected chi connectivity index (χ0v) is 45.9. The van der Waals surface area contributed by atoms with Crippen LogP contribution >= 0.6 is 0 Å². The van der Waals surface area contributed by atoms with Crippen molar-refractivity contribution in [1.29, 1.82) is 0 Å². The molecule has 1 amide bonds. The van der Waals surface area contributed by atoms with Crippen LogP contribution in [0, 0.1) is 0 Å². The molecule has 80 heavy (non-hydrogen) atoms. The predicted octanol–water partition coefficient (Wildman–Crippen LogP) is 12.1. The van der Waals surface area contributed by atoms with Crippen molar-refractivity contribution >= 4 is 29.2 Å². The van der Waals surface area contributed by atoms with Gasteiger partial charge in [0, 0.05) is 36.3 Å². The lowest BCUT2D eigenvalue weighted by Crippen LogP contribution is -2.40. The number of rotatable bonds is 14. The number of aromatic nitrogens is 2. The van der Waals surface area contributed by atoms with Crippen LogP contribution in [-0.4, -0.2) is 74.9 Å². The first-order chi connectivity index (χ1) is 38.7. The molecule has 2 aliphatic carbocycles.